The summed E-state index contributed by atoms with van der Waals surface area (Å²) in [6, 6.07) is 7.38. The lowest BCUT2D eigenvalue weighted by molar-refractivity contribution is -0.136. The molecule has 0 saturated heterocycles. The molecule has 1 aliphatic carbocycles. The Kier molecular flexibility index (Phi) is 7.22. The molecule has 0 radical (unpaired) electrons. The molecular weight excluding hydrogens is 490 g/mol. The maximum absolute atomic E-state index is 13.2. The molecule has 5 N–H and O–H groups in total. The van der Waals surface area contributed by atoms with Gasteiger partial charge in [0.05, 0.1) is 16.0 Å². The summed E-state index contributed by atoms with van der Waals surface area (Å²) in [4.78, 5) is 54.3. The highest BCUT2D eigenvalue weighted by atomic mass is 35.5. The van der Waals surface area contributed by atoms with Gasteiger partial charge in [0, 0.05) is 25.1 Å². The van der Waals surface area contributed by atoms with Crippen LogP contribution in [0.3, 0.4) is 0 Å². The first-order chi connectivity index (χ1) is 17.2. The number of carboxylic acids is 1. The number of carbonyl (C=O) groups is 4. The van der Waals surface area contributed by atoms with Crippen LogP contribution in [0.1, 0.15) is 46.6 Å². The van der Waals surface area contributed by atoms with E-state index in [1.807, 2.05) is 0 Å². The van der Waals surface area contributed by atoms with E-state index < -0.39 is 23.7 Å². The number of nitrogens with one attached hydrogen (secondary N) is 2. The van der Waals surface area contributed by atoms with Gasteiger partial charge in [-0.25, -0.2) is 15.6 Å². The molecule has 1 fully saturated rings. The Bertz CT molecular complexity index is 1330. The van der Waals surface area contributed by atoms with Crippen LogP contribution in [0.2, 0.25) is 5.02 Å². The zero-order valence-corrected chi connectivity index (χ0v) is 20.0. The molecule has 0 bridgehead atoms. The number of aromatic nitrogens is 1. The van der Waals surface area contributed by atoms with E-state index in [4.69, 9.17) is 21.9 Å². The molecule has 11 nitrogen and oxygen atoms in total. The normalized spacial score (nSPS) is 17.4. The smallest absolute Gasteiger partial charge is 0.336 e. The second-order valence-corrected chi connectivity index (χ2v) is 9.03. The molecule has 0 spiro atoms. The van der Waals surface area contributed by atoms with E-state index in [1.54, 1.807) is 0 Å². The maximum atomic E-state index is 13.2. The van der Waals surface area contributed by atoms with E-state index in [9.17, 15) is 24.3 Å². The van der Waals surface area contributed by atoms with Gasteiger partial charge in [-0.3, -0.25) is 19.4 Å². The number of carbonyl (C=O) groups excluding carboxylic acids is 3. The largest absolute Gasteiger partial charge is 0.478 e. The van der Waals surface area contributed by atoms with Gasteiger partial charge < -0.3 is 20.2 Å². The molecule has 0 unspecified atom stereocenters. The number of furan rings is 1. The number of nitrogens with zero attached hydrogens (tertiary/aromatic N) is 2. The van der Waals surface area contributed by atoms with Crippen molar-refractivity contribution >= 4 is 57.8 Å². The Hall–Kier alpha value is -3.96. The maximum Gasteiger partial charge on any atom is 0.336 e. The number of carboxylic acid groups (broad SMARTS) is 1. The zero-order chi connectivity index (χ0) is 26.0. The van der Waals surface area contributed by atoms with Crippen LogP contribution < -0.4 is 16.5 Å². The molecule has 36 heavy (non-hydrogen) atoms. The molecular formula is C24H24ClN5O6. The van der Waals surface area contributed by atoms with Gasteiger partial charge in [0.15, 0.2) is 0 Å². The second kappa shape index (κ2) is 10.3. The highest BCUT2D eigenvalue weighted by Gasteiger charge is 2.33. The number of anilines is 2. The van der Waals surface area contributed by atoms with E-state index in [1.165, 1.54) is 43.6 Å². The highest BCUT2D eigenvalue weighted by molar-refractivity contribution is 6.30. The van der Waals surface area contributed by atoms with Crippen LogP contribution in [0.4, 0.5) is 11.5 Å². The standard InChI is InChI=1S/C24H24ClN5O6/c1-30(26)23(33)13-7-5-12(6-8-13)21(31)29-19-18-15(24(34)35)3-2-4-16(18)36-20(19)22(32)28-17-10-9-14(25)11-27-17/h2-4,9-13H,5-8,26H2,1H3,(H,29,31)(H,34,35)(H,27,28,32). The first-order valence-electron chi connectivity index (χ1n) is 11.2. The van der Waals surface area contributed by atoms with Crippen LogP contribution in [0.15, 0.2) is 40.9 Å². The summed E-state index contributed by atoms with van der Waals surface area (Å²) in [7, 11) is 1.48. The Balaban J connectivity index is 1.63. The van der Waals surface area contributed by atoms with Gasteiger partial charge in [0.25, 0.3) is 5.91 Å². The van der Waals surface area contributed by atoms with Crippen molar-refractivity contribution in [3.05, 3.63) is 52.9 Å². The summed E-state index contributed by atoms with van der Waals surface area (Å²) in [6.07, 6.45) is 3.20. The monoisotopic (exact) mass is 513 g/mol. The Morgan fingerprint density at radius 2 is 1.78 bits per heavy atom. The van der Waals surface area contributed by atoms with E-state index in [2.05, 4.69) is 15.6 Å². The molecule has 4 rings (SSSR count). The van der Waals surface area contributed by atoms with Gasteiger partial charge in [-0.15, -0.1) is 0 Å². The minimum Gasteiger partial charge on any atom is -0.478 e. The van der Waals surface area contributed by atoms with E-state index >= 15 is 0 Å². The minimum atomic E-state index is -1.24. The summed E-state index contributed by atoms with van der Waals surface area (Å²) in [5, 5.41) is 16.5. The van der Waals surface area contributed by atoms with Crippen molar-refractivity contribution in [3.8, 4) is 0 Å². The number of hydrogen-bond donors (Lipinski definition) is 4. The Morgan fingerprint density at radius 1 is 1.08 bits per heavy atom. The fourth-order valence-electron chi connectivity index (χ4n) is 4.34. The molecule has 1 saturated carbocycles. The predicted octanol–water partition coefficient (Wildman–Crippen LogP) is 3.51. The Morgan fingerprint density at radius 3 is 2.39 bits per heavy atom. The molecule has 3 amide bonds. The quantitative estimate of drug-likeness (QED) is 0.220. The molecule has 188 valence electrons. The number of benzene rings is 1. The van der Waals surface area contributed by atoms with Crippen molar-refractivity contribution in [1.29, 1.82) is 0 Å². The molecule has 12 heteroatoms. The van der Waals surface area contributed by atoms with Crippen molar-refractivity contribution in [1.82, 2.24) is 9.99 Å². The van der Waals surface area contributed by atoms with Gasteiger partial charge in [0.1, 0.15) is 17.1 Å². The predicted molar refractivity (Wildman–Crippen MR) is 131 cm³/mol. The van der Waals surface area contributed by atoms with Gasteiger partial charge in [-0.1, -0.05) is 17.7 Å². The summed E-state index contributed by atoms with van der Waals surface area (Å²) < 4.78 is 5.70. The average Bonchev–Trinajstić information content (AvgIpc) is 3.23. The number of amides is 3. The summed E-state index contributed by atoms with van der Waals surface area (Å²) in [5.41, 5.74) is -0.0467. The summed E-state index contributed by atoms with van der Waals surface area (Å²) >= 11 is 5.84. The lowest BCUT2D eigenvalue weighted by atomic mass is 9.81. The number of rotatable bonds is 6. The summed E-state index contributed by atoms with van der Waals surface area (Å²) in [6.45, 7) is 0. The van der Waals surface area contributed by atoms with Gasteiger partial charge >= 0.3 is 5.97 Å². The third-order valence-corrected chi connectivity index (χ3v) is 6.39. The van der Waals surface area contributed by atoms with Crippen LogP contribution >= 0.6 is 11.6 Å². The van der Waals surface area contributed by atoms with Crippen LogP contribution in [0.25, 0.3) is 11.0 Å². The number of aromatic carboxylic acids is 1. The number of halogens is 1. The molecule has 1 aliphatic rings. The van der Waals surface area contributed by atoms with Crippen LogP contribution in [-0.2, 0) is 9.59 Å². The van der Waals surface area contributed by atoms with Crippen molar-refractivity contribution in [2.24, 2.45) is 17.7 Å². The van der Waals surface area contributed by atoms with Crippen LogP contribution in [-0.4, -0.2) is 45.8 Å². The number of hydrogen-bond acceptors (Lipinski definition) is 7. The van der Waals surface area contributed by atoms with Crippen molar-refractivity contribution in [3.63, 3.8) is 0 Å². The molecule has 2 aromatic heterocycles. The van der Waals surface area contributed by atoms with E-state index in [0.717, 1.165) is 5.01 Å². The molecule has 0 atom stereocenters. The van der Waals surface area contributed by atoms with E-state index in [0.29, 0.717) is 30.7 Å². The number of nitrogens with two attached hydrogens (primary N) is 1. The first-order valence-corrected chi connectivity index (χ1v) is 11.6. The van der Waals surface area contributed by atoms with Gasteiger partial charge in [-0.05, 0) is 49.9 Å². The molecule has 0 aliphatic heterocycles. The topological polar surface area (TPSA) is 168 Å². The number of fused-ring (bicyclic) bond motifs is 1. The third-order valence-electron chi connectivity index (χ3n) is 6.16. The van der Waals surface area contributed by atoms with Gasteiger partial charge in [0.2, 0.25) is 17.6 Å². The van der Waals surface area contributed by atoms with Crippen LogP contribution in [0, 0.1) is 11.8 Å². The minimum absolute atomic E-state index is 0.0423. The number of pyridine rings is 1. The second-order valence-electron chi connectivity index (χ2n) is 8.59. The summed E-state index contributed by atoms with van der Waals surface area (Å²) in [5.74, 6) is 2.22. The highest BCUT2D eigenvalue weighted by Crippen LogP contribution is 2.36. The fraction of sp³-hybridized carbons (Fsp3) is 0.292. The number of hydrazine groups is 1. The fourth-order valence-corrected chi connectivity index (χ4v) is 4.46. The van der Waals surface area contributed by atoms with Crippen molar-refractivity contribution < 1.29 is 28.7 Å². The SMILES string of the molecule is CN(N)C(=O)C1CCC(C(=O)Nc2c(C(=O)Nc3ccc(Cl)cn3)oc3cccc(C(=O)O)c23)CC1. The average molecular weight is 514 g/mol. The van der Waals surface area contributed by atoms with Crippen molar-refractivity contribution in [2.45, 2.75) is 25.7 Å². The Labute approximate surface area is 210 Å². The van der Waals surface area contributed by atoms with Crippen molar-refractivity contribution in [2.75, 3.05) is 17.7 Å². The lowest BCUT2D eigenvalue weighted by Crippen LogP contribution is -2.40. The molecule has 2 heterocycles. The molecule has 3 aromatic rings. The van der Waals surface area contributed by atoms with E-state index in [-0.39, 0.29) is 45.6 Å². The third kappa shape index (κ3) is 5.16. The van der Waals surface area contributed by atoms with Crippen LogP contribution in [0.5, 0.6) is 0 Å². The molecule has 1 aromatic carbocycles. The lowest BCUT2D eigenvalue weighted by Gasteiger charge is -2.28. The zero-order valence-electron chi connectivity index (χ0n) is 19.3. The van der Waals surface area contributed by atoms with Gasteiger partial charge in [-0.2, -0.15) is 0 Å². The first kappa shape index (κ1) is 25.1.